The number of rotatable bonds is 9. The third-order valence-electron chi connectivity index (χ3n) is 3.72. The average Bonchev–Trinajstić information content (AvgIpc) is 2.64. The number of carbonyl (C=O) groups excluding carboxylic acids is 1. The minimum atomic E-state index is -0.463. The van der Waals surface area contributed by atoms with Gasteiger partial charge in [0.15, 0.2) is 11.6 Å². The summed E-state index contributed by atoms with van der Waals surface area (Å²) in [6.45, 7) is 0.676. The van der Waals surface area contributed by atoms with Crippen LogP contribution in [0.3, 0.4) is 0 Å². The predicted molar refractivity (Wildman–Crippen MR) is 95.9 cm³/mol. The van der Waals surface area contributed by atoms with E-state index in [2.05, 4.69) is 10.6 Å². The molecule has 2 aromatic carbocycles. The molecule has 0 spiro atoms. The van der Waals surface area contributed by atoms with Crippen molar-refractivity contribution >= 4 is 17.3 Å². The Morgan fingerprint density at radius 2 is 2.00 bits per heavy atom. The summed E-state index contributed by atoms with van der Waals surface area (Å²) in [6, 6.07) is 10.9. The van der Waals surface area contributed by atoms with Gasteiger partial charge < -0.3 is 15.4 Å². The zero-order valence-electron chi connectivity index (χ0n) is 14.3. The number of carbonyl (C=O) groups is 1. The normalized spacial score (nSPS) is 10.2. The molecule has 0 bridgehead atoms. The van der Waals surface area contributed by atoms with Crippen LogP contribution >= 0.6 is 0 Å². The van der Waals surface area contributed by atoms with E-state index in [4.69, 9.17) is 4.74 Å². The molecule has 26 heavy (non-hydrogen) atoms. The number of anilines is 1. The molecule has 0 unspecified atom stereocenters. The lowest BCUT2D eigenvalue weighted by atomic mass is 10.1. The third kappa shape index (κ3) is 5.44. The fraction of sp³-hybridized carbons (Fsp3) is 0.278. The van der Waals surface area contributed by atoms with Crippen LogP contribution in [-0.2, 0) is 11.2 Å². The van der Waals surface area contributed by atoms with Gasteiger partial charge >= 0.3 is 0 Å². The summed E-state index contributed by atoms with van der Waals surface area (Å²) in [7, 11) is 1.39. The van der Waals surface area contributed by atoms with Crippen molar-refractivity contribution in [2.45, 2.75) is 12.8 Å². The van der Waals surface area contributed by atoms with E-state index in [0.29, 0.717) is 30.8 Å². The molecule has 138 valence electrons. The van der Waals surface area contributed by atoms with Crippen LogP contribution in [0.25, 0.3) is 0 Å². The highest BCUT2D eigenvalue weighted by molar-refractivity contribution is 5.76. The summed E-state index contributed by atoms with van der Waals surface area (Å²) in [5.41, 5.74) is 1.09. The van der Waals surface area contributed by atoms with Gasteiger partial charge in [0.05, 0.1) is 12.0 Å². The van der Waals surface area contributed by atoms with Gasteiger partial charge in [-0.05, 0) is 30.2 Å². The molecule has 0 aliphatic carbocycles. The van der Waals surface area contributed by atoms with Gasteiger partial charge in [-0.2, -0.15) is 0 Å². The number of nitro groups is 1. The number of aryl methyl sites for hydroxylation is 1. The number of para-hydroxylation sites is 2. The molecule has 7 nitrogen and oxygen atoms in total. The second-order valence-corrected chi connectivity index (χ2v) is 5.52. The molecule has 2 N–H and O–H groups in total. The molecule has 0 aromatic heterocycles. The maximum atomic E-state index is 13.6. The minimum Gasteiger partial charge on any atom is -0.494 e. The summed E-state index contributed by atoms with van der Waals surface area (Å²) < 4.78 is 18.4. The Morgan fingerprint density at radius 1 is 1.23 bits per heavy atom. The Labute approximate surface area is 150 Å². The van der Waals surface area contributed by atoms with Crippen LogP contribution in [0.2, 0.25) is 0 Å². The van der Waals surface area contributed by atoms with Gasteiger partial charge in [-0.3, -0.25) is 14.9 Å². The van der Waals surface area contributed by atoms with E-state index in [1.54, 1.807) is 24.3 Å². The van der Waals surface area contributed by atoms with Crippen molar-refractivity contribution in [3.63, 3.8) is 0 Å². The third-order valence-corrected chi connectivity index (χ3v) is 3.72. The number of hydrogen-bond donors (Lipinski definition) is 2. The number of methoxy groups -OCH3 is 1. The highest BCUT2D eigenvalue weighted by atomic mass is 19.1. The van der Waals surface area contributed by atoms with E-state index in [0.717, 1.165) is 0 Å². The second-order valence-electron chi connectivity index (χ2n) is 5.52. The van der Waals surface area contributed by atoms with E-state index in [1.165, 1.54) is 25.3 Å². The highest BCUT2D eigenvalue weighted by Crippen LogP contribution is 2.22. The molecule has 0 radical (unpaired) electrons. The number of benzene rings is 2. The first-order chi connectivity index (χ1) is 12.5. The van der Waals surface area contributed by atoms with Gasteiger partial charge in [-0.25, -0.2) is 4.39 Å². The summed E-state index contributed by atoms with van der Waals surface area (Å²) in [5, 5.41) is 16.6. The van der Waals surface area contributed by atoms with Gasteiger partial charge in [0, 0.05) is 25.6 Å². The quantitative estimate of drug-likeness (QED) is 0.407. The predicted octanol–water partition coefficient (Wildman–Crippen LogP) is 2.90. The maximum absolute atomic E-state index is 13.6. The van der Waals surface area contributed by atoms with E-state index in [1.807, 2.05) is 0 Å². The molecule has 2 rings (SSSR count). The molecule has 0 saturated carbocycles. The van der Waals surface area contributed by atoms with Crippen molar-refractivity contribution in [3.05, 3.63) is 64.0 Å². The lowest BCUT2D eigenvalue weighted by Gasteiger charge is -2.09. The molecular formula is C18H20FN3O4. The van der Waals surface area contributed by atoms with Crippen molar-refractivity contribution in [3.8, 4) is 5.75 Å². The maximum Gasteiger partial charge on any atom is 0.292 e. The molecule has 0 aliphatic rings. The molecule has 0 aliphatic heterocycles. The Hall–Kier alpha value is -3.16. The molecule has 0 heterocycles. The number of ether oxygens (including phenoxy) is 1. The molecule has 0 atom stereocenters. The summed E-state index contributed by atoms with van der Waals surface area (Å²) in [6.07, 6.45) is 0.627. The number of nitrogens with zero attached hydrogens (tertiary/aromatic N) is 1. The van der Waals surface area contributed by atoms with Crippen molar-refractivity contribution in [1.29, 1.82) is 0 Å². The number of halogens is 1. The number of amides is 1. The van der Waals surface area contributed by atoms with E-state index in [-0.39, 0.29) is 23.8 Å². The Morgan fingerprint density at radius 3 is 2.69 bits per heavy atom. The lowest BCUT2D eigenvalue weighted by Crippen LogP contribution is -2.29. The first-order valence-electron chi connectivity index (χ1n) is 8.07. The smallest absolute Gasteiger partial charge is 0.292 e. The number of nitro benzene ring substituents is 1. The van der Waals surface area contributed by atoms with Crippen molar-refractivity contribution < 1.29 is 18.8 Å². The zero-order valence-corrected chi connectivity index (χ0v) is 14.3. The Bertz CT molecular complexity index is 783. The standard InChI is InChI=1S/C18H20FN3O4/c1-26-17-8-6-13(12-14(17)19)7-9-18(23)21-11-10-20-15-4-2-3-5-16(15)22(24)25/h2-6,8,12,20H,7,9-11H2,1H3,(H,21,23). The van der Waals surface area contributed by atoms with E-state index >= 15 is 0 Å². The summed E-state index contributed by atoms with van der Waals surface area (Å²) in [5.74, 6) is -0.469. The van der Waals surface area contributed by atoms with Gasteiger partial charge in [-0.1, -0.05) is 18.2 Å². The fourth-order valence-corrected chi connectivity index (χ4v) is 2.39. The highest BCUT2D eigenvalue weighted by Gasteiger charge is 2.11. The van der Waals surface area contributed by atoms with Crippen molar-refractivity contribution in [2.24, 2.45) is 0 Å². The van der Waals surface area contributed by atoms with Crippen LogP contribution in [0, 0.1) is 15.9 Å². The summed E-state index contributed by atoms with van der Waals surface area (Å²) >= 11 is 0. The van der Waals surface area contributed by atoms with Crippen LogP contribution in [0.1, 0.15) is 12.0 Å². The van der Waals surface area contributed by atoms with Crippen LogP contribution in [-0.4, -0.2) is 31.0 Å². The summed E-state index contributed by atoms with van der Waals surface area (Å²) in [4.78, 5) is 22.3. The Kier molecular flexibility index (Phi) is 6.90. The molecule has 0 fully saturated rings. The molecule has 0 saturated heterocycles. The second kappa shape index (κ2) is 9.36. The molecular weight excluding hydrogens is 341 g/mol. The molecule has 2 aromatic rings. The van der Waals surface area contributed by atoms with Crippen LogP contribution in [0.4, 0.5) is 15.8 Å². The lowest BCUT2D eigenvalue weighted by molar-refractivity contribution is -0.384. The van der Waals surface area contributed by atoms with Gasteiger partial charge in [0.25, 0.3) is 5.69 Å². The average molecular weight is 361 g/mol. The topological polar surface area (TPSA) is 93.5 Å². The molecule has 1 amide bonds. The van der Waals surface area contributed by atoms with Crippen molar-refractivity contribution in [2.75, 3.05) is 25.5 Å². The largest absolute Gasteiger partial charge is 0.494 e. The zero-order chi connectivity index (χ0) is 18.9. The van der Waals surface area contributed by atoms with Crippen LogP contribution in [0.5, 0.6) is 5.75 Å². The number of hydrogen-bond acceptors (Lipinski definition) is 5. The first kappa shape index (κ1) is 19.2. The van der Waals surface area contributed by atoms with Crippen molar-refractivity contribution in [1.82, 2.24) is 5.32 Å². The molecule has 8 heteroatoms. The number of nitrogens with one attached hydrogen (secondary N) is 2. The van der Waals surface area contributed by atoms with Gasteiger partial charge in [0.1, 0.15) is 5.69 Å². The Balaban J connectivity index is 1.73. The van der Waals surface area contributed by atoms with Crippen LogP contribution in [0.15, 0.2) is 42.5 Å². The van der Waals surface area contributed by atoms with E-state index < -0.39 is 10.7 Å². The monoisotopic (exact) mass is 361 g/mol. The minimum absolute atomic E-state index is 0.0136. The fourth-order valence-electron chi connectivity index (χ4n) is 2.39. The first-order valence-corrected chi connectivity index (χ1v) is 8.07. The van der Waals surface area contributed by atoms with E-state index in [9.17, 15) is 19.3 Å². The van der Waals surface area contributed by atoms with Gasteiger partial charge in [0.2, 0.25) is 5.91 Å². The SMILES string of the molecule is COc1ccc(CCC(=O)NCCNc2ccccc2[N+](=O)[O-])cc1F. The van der Waals surface area contributed by atoms with Gasteiger partial charge in [-0.15, -0.1) is 0 Å². The van der Waals surface area contributed by atoms with Crippen LogP contribution < -0.4 is 15.4 Å².